The molecule has 20 heavy (non-hydrogen) atoms. The number of carboxylic acid groups (broad SMARTS) is 1. The van der Waals surface area contributed by atoms with Gasteiger partial charge in [0.05, 0.1) is 12.5 Å². The Morgan fingerprint density at radius 3 is 2.80 bits per heavy atom. The number of benzene rings is 1. The molecule has 6 heteroatoms. The molecule has 1 saturated heterocycles. The van der Waals surface area contributed by atoms with Gasteiger partial charge in [0.25, 0.3) is 5.91 Å². The Kier molecular flexibility index (Phi) is 5.29. The summed E-state index contributed by atoms with van der Waals surface area (Å²) in [5, 5.41) is 8.89. The highest BCUT2D eigenvalue weighted by atomic mass is 32.2. The van der Waals surface area contributed by atoms with Crippen LogP contribution in [0.4, 0.5) is 0 Å². The summed E-state index contributed by atoms with van der Waals surface area (Å²) < 4.78 is 5.43. The highest BCUT2D eigenvalue weighted by Crippen LogP contribution is 2.19. The zero-order chi connectivity index (χ0) is 14.4. The Bertz CT molecular complexity index is 466. The Balaban J connectivity index is 1.90. The van der Waals surface area contributed by atoms with Crippen LogP contribution in [-0.2, 0) is 9.59 Å². The summed E-state index contributed by atoms with van der Waals surface area (Å²) in [6.45, 7) is 0.532. The van der Waals surface area contributed by atoms with Crippen molar-refractivity contribution in [2.45, 2.75) is 12.5 Å². The molecule has 1 heterocycles. The summed E-state index contributed by atoms with van der Waals surface area (Å²) in [5.74, 6) is 1.12. The Hall–Kier alpha value is -1.69. The molecule has 0 bridgehead atoms. The number of hydrogen-bond acceptors (Lipinski definition) is 4. The number of thioether (sulfide) groups is 1. The summed E-state index contributed by atoms with van der Waals surface area (Å²) in [6.07, 6.45) is -0.00984. The molecule has 1 atom stereocenters. The molecule has 0 saturated carbocycles. The number of amides is 1. The lowest BCUT2D eigenvalue weighted by Gasteiger charge is -2.34. The van der Waals surface area contributed by atoms with Gasteiger partial charge in [0, 0.05) is 18.1 Å². The zero-order valence-electron chi connectivity index (χ0n) is 11.0. The molecule has 0 spiro atoms. The number of carboxylic acids is 1. The lowest BCUT2D eigenvalue weighted by molar-refractivity contribution is -0.141. The Morgan fingerprint density at radius 1 is 1.35 bits per heavy atom. The third-order valence-electron chi connectivity index (χ3n) is 3.06. The van der Waals surface area contributed by atoms with Crippen LogP contribution in [0, 0.1) is 0 Å². The van der Waals surface area contributed by atoms with Gasteiger partial charge in [-0.3, -0.25) is 9.59 Å². The summed E-state index contributed by atoms with van der Waals surface area (Å²) in [7, 11) is 0. The first kappa shape index (κ1) is 14.7. The van der Waals surface area contributed by atoms with Gasteiger partial charge in [-0.15, -0.1) is 0 Å². The fraction of sp³-hybridized carbons (Fsp3) is 0.429. The van der Waals surface area contributed by atoms with Crippen LogP contribution in [-0.4, -0.2) is 52.6 Å². The highest BCUT2D eigenvalue weighted by Gasteiger charge is 2.28. The summed E-state index contributed by atoms with van der Waals surface area (Å²) in [4.78, 5) is 24.6. The van der Waals surface area contributed by atoms with Crippen LogP contribution in [0.5, 0.6) is 5.75 Å². The molecule has 1 amide bonds. The topological polar surface area (TPSA) is 66.8 Å². The fourth-order valence-electron chi connectivity index (χ4n) is 2.10. The number of rotatable bonds is 5. The van der Waals surface area contributed by atoms with E-state index >= 15 is 0 Å². The average Bonchev–Trinajstić information content (AvgIpc) is 2.46. The molecular weight excluding hydrogens is 278 g/mol. The summed E-state index contributed by atoms with van der Waals surface area (Å²) in [6, 6.07) is 8.88. The SMILES string of the molecule is O=C(O)CC1CSCCN1C(=O)COc1ccccc1. The summed E-state index contributed by atoms with van der Waals surface area (Å²) in [5.41, 5.74) is 0. The van der Waals surface area contributed by atoms with Crippen molar-refractivity contribution in [2.75, 3.05) is 24.7 Å². The van der Waals surface area contributed by atoms with Crippen molar-refractivity contribution >= 4 is 23.6 Å². The third kappa shape index (κ3) is 4.16. The molecular formula is C14H17NO4S. The van der Waals surface area contributed by atoms with Crippen molar-refractivity contribution in [2.24, 2.45) is 0 Å². The first-order valence-electron chi connectivity index (χ1n) is 6.43. The first-order chi connectivity index (χ1) is 9.66. The normalized spacial score (nSPS) is 18.6. The second-order valence-electron chi connectivity index (χ2n) is 4.52. The van der Waals surface area contributed by atoms with Crippen molar-refractivity contribution in [1.82, 2.24) is 4.90 Å². The molecule has 108 valence electrons. The van der Waals surface area contributed by atoms with E-state index in [-0.39, 0.29) is 25.0 Å². The van der Waals surface area contributed by atoms with Gasteiger partial charge < -0.3 is 14.7 Å². The van der Waals surface area contributed by atoms with E-state index in [1.807, 2.05) is 18.2 Å². The Morgan fingerprint density at radius 2 is 2.10 bits per heavy atom. The molecule has 1 fully saturated rings. The molecule has 2 rings (SSSR count). The maximum Gasteiger partial charge on any atom is 0.305 e. The first-order valence-corrected chi connectivity index (χ1v) is 7.59. The van der Waals surface area contributed by atoms with E-state index in [1.165, 1.54) is 0 Å². The largest absolute Gasteiger partial charge is 0.484 e. The number of para-hydroxylation sites is 1. The highest BCUT2D eigenvalue weighted by molar-refractivity contribution is 7.99. The van der Waals surface area contributed by atoms with Gasteiger partial charge in [0.2, 0.25) is 0 Å². The minimum atomic E-state index is -0.876. The van der Waals surface area contributed by atoms with Gasteiger partial charge in [-0.2, -0.15) is 11.8 Å². The quantitative estimate of drug-likeness (QED) is 0.891. The second-order valence-corrected chi connectivity index (χ2v) is 5.67. The predicted molar refractivity (Wildman–Crippen MR) is 77.0 cm³/mol. The number of ether oxygens (including phenoxy) is 1. The van der Waals surface area contributed by atoms with Crippen molar-refractivity contribution in [3.63, 3.8) is 0 Å². The molecule has 5 nitrogen and oxygen atoms in total. The van der Waals surface area contributed by atoms with Crippen molar-refractivity contribution < 1.29 is 19.4 Å². The number of carbonyl (C=O) groups excluding carboxylic acids is 1. The van der Waals surface area contributed by atoms with Gasteiger partial charge in [-0.05, 0) is 12.1 Å². The van der Waals surface area contributed by atoms with Crippen molar-refractivity contribution in [3.05, 3.63) is 30.3 Å². The molecule has 1 N–H and O–H groups in total. The van der Waals surface area contributed by atoms with E-state index < -0.39 is 5.97 Å². The number of carbonyl (C=O) groups is 2. The van der Waals surface area contributed by atoms with Crippen LogP contribution in [0.3, 0.4) is 0 Å². The molecule has 1 unspecified atom stereocenters. The molecule has 0 aliphatic carbocycles. The van der Waals surface area contributed by atoms with Gasteiger partial charge >= 0.3 is 5.97 Å². The van der Waals surface area contributed by atoms with E-state index in [2.05, 4.69) is 0 Å². The predicted octanol–water partition coefficient (Wildman–Crippen LogP) is 1.48. The van der Waals surface area contributed by atoms with Gasteiger partial charge in [0.15, 0.2) is 6.61 Å². The molecule has 1 aliphatic heterocycles. The monoisotopic (exact) mass is 295 g/mol. The van der Waals surface area contributed by atoms with Gasteiger partial charge in [0.1, 0.15) is 5.75 Å². The van der Waals surface area contributed by atoms with E-state index in [4.69, 9.17) is 9.84 Å². The van der Waals surface area contributed by atoms with Crippen LogP contribution in [0.15, 0.2) is 30.3 Å². The number of hydrogen-bond donors (Lipinski definition) is 1. The zero-order valence-corrected chi connectivity index (χ0v) is 11.8. The smallest absolute Gasteiger partial charge is 0.305 e. The molecule has 0 aromatic heterocycles. The minimum absolute atomic E-state index is 0.00984. The van der Waals surface area contributed by atoms with Crippen LogP contribution < -0.4 is 4.74 Å². The van der Waals surface area contributed by atoms with Crippen LogP contribution in [0.25, 0.3) is 0 Å². The minimum Gasteiger partial charge on any atom is -0.484 e. The van der Waals surface area contributed by atoms with E-state index in [0.717, 1.165) is 5.75 Å². The van der Waals surface area contributed by atoms with Gasteiger partial charge in [-0.1, -0.05) is 18.2 Å². The average molecular weight is 295 g/mol. The lowest BCUT2D eigenvalue weighted by atomic mass is 10.2. The van der Waals surface area contributed by atoms with Crippen LogP contribution in [0.2, 0.25) is 0 Å². The van der Waals surface area contributed by atoms with Crippen LogP contribution >= 0.6 is 11.8 Å². The third-order valence-corrected chi connectivity index (χ3v) is 4.16. The summed E-state index contributed by atoms with van der Waals surface area (Å²) >= 11 is 1.68. The molecule has 1 aliphatic rings. The number of aliphatic carboxylic acids is 1. The van der Waals surface area contributed by atoms with Crippen molar-refractivity contribution in [3.8, 4) is 5.75 Å². The van der Waals surface area contributed by atoms with E-state index in [0.29, 0.717) is 18.0 Å². The molecule has 1 aromatic carbocycles. The lowest BCUT2D eigenvalue weighted by Crippen LogP contribution is -2.48. The van der Waals surface area contributed by atoms with E-state index in [9.17, 15) is 9.59 Å². The standard InChI is InChI=1S/C14H17NO4S/c16-13(9-19-12-4-2-1-3-5-12)15-6-7-20-10-11(15)8-14(17)18/h1-5,11H,6-10H2,(H,17,18). The van der Waals surface area contributed by atoms with Gasteiger partial charge in [-0.25, -0.2) is 0 Å². The maximum absolute atomic E-state index is 12.2. The van der Waals surface area contributed by atoms with Crippen LogP contribution in [0.1, 0.15) is 6.42 Å². The second kappa shape index (κ2) is 7.19. The Labute approximate surface area is 121 Å². The maximum atomic E-state index is 12.2. The molecule has 1 aromatic rings. The molecule has 0 radical (unpaired) electrons. The number of nitrogens with zero attached hydrogens (tertiary/aromatic N) is 1. The van der Waals surface area contributed by atoms with E-state index in [1.54, 1.807) is 28.8 Å². The van der Waals surface area contributed by atoms with Crippen molar-refractivity contribution in [1.29, 1.82) is 0 Å². The fourth-order valence-corrected chi connectivity index (χ4v) is 3.16.